The van der Waals surface area contributed by atoms with Crippen LogP contribution in [0, 0.1) is 0 Å². The van der Waals surface area contributed by atoms with Crippen LogP contribution >= 0.6 is 0 Å². The number of unbranched alkanes of at least 4 members (excludes halogenated alkanes) is 2. The number of Topliss-reactive ketones (excluding diaryl/α,β-unsaturated/α-hetero) is 1. The van der Waals surface area contributed by atoms with E-state index in [4.69, 9.17) is 0 Å². The second-order valence-corrected chi connectivity index (χ2v) is 3.69. The molecule has 0 aliphatic rings. The van der Waals surface area contributed by atoms with E-state index in [1.54, 1.807) is 24.3 Å². The Morgan fingerprint density at radius 2 is 1.93 bits per heavy atom. The van der Waals surface area contributed by atoms with Gasteiger partial charge in [0.25, 0.3) is 0 Å². The number of hydrogen-bond acceptors (Lipinski definition) is 1. The molecule has 0 aliphatic carbocycles. The number of rotatable bonds is 6. The molecule has 0 saturated heterocycles. The zero-order chi connectivity index (χ0) is 11.1. The van der Waals surface area contributed by atoms with Gasteiger partial charge in [0, 0.05) is 5.56 Å². The number of alkyl halides is 1. The van der Waals surface area contributed by atoms with Gasteiger partial charge in [-0.3, -0.25) is 4.79 Å². The number of carbonyl (C=O) groups excluding carboxylic acids is 1. The molecule has 1 rings (SSSR count). The third-order valence-corrected chi connectivity index (χ3v) is 2.40. The van der Waals surface area contributed by atoms with Crippen molar-refractivity contribution in [3.05, 3.63) is 35.9 Å². The van der Waals surface area contributed by atoms with E-state index < -0.39 is 6.17 Å². The van der Waals surface area contributed by atoms with E-state index in [0.717, 1.165) is 19.3 Å². The monoisotopic (exact) mass is 208 g/mol. The molecule has 1 unspecified atom stereocenters. The number of halogens is 1. The van der Waals surface area contributed by atoms with E-state index >= 15 is 0 Å². The lowest BCUT2D eigenvalue weighted by Gasteiger charge is -2.06. The zero-order valence-electron chi connectivity index (χ0n) is 9.08. The Morgan fingerprint density at radius 1 is 1.27 bits per heavy atom. The summed E-state index contributed by atoms with van der Waals surface area (Å²) in [5, 5.41) is 0. The normalized spacial score (nSPS) is 12.4. The quantitative estimate of drug-likeness (QED) is 0.513. The van der Waals surface area contributed by atoms with Gasteiger partial charge in [0.15, 0.2) is 12.0 Å². The molecule has 1 nitrogen and oxygen atoms in total. The Kier molecular flexibility index (Phi) is 5.02. The summed E-state index contributed by atoms with van der Waals surface area (Å²) in [7, 11) is 0. The molecule has 1 atom stereocenters. The van der Waals surface area contributed by atoms with E-state index in [1.807, 2.05) is 6.07 Å². The Morgan fingerprint density at radius 3 is 2.53 bits per heavy atom. The molecule has 0 radical (unpaired) electrons. The van der Waals surface area contributed by atoms with Crippen molar-refractivity contribution in [3.63, 3.8) is 0 Å². The summed E-state index contributed by atoms with van der Waals surface area (Å²) in [6, 6.07) is 8.66. The van der Waals surface area contributed by atoms with Crippen molar-refractivity contribution in [1.82, 2.24) is 0 Å². The Bertz CT molecular complexity index is 295. The number of carbonyl (C=O) groups is 1. The molecule has 82 valence electrons. The lowest BCUT2D eigenvalue weighted by atomic mass is 10.0. The molecule has 0 N–H and O–H groups in total. The number of benzene rings is 1. The lowest BCUT2D eigenvalue weighted by molar-refractivity contribution is 0.0866. The third-order valence-electron chi connectivity index (χ3n) is 2.40. The highest BCUT2D eigenvalue weighted by Gasteiger charge is 2.17. The van der Waals surface area contributed by atoms with Gasteiger partial charge in [-0.25, -0.2) is 4.39 Å². The molecule has 0 saturated carbocycles. The van der Waals surface area contributed by atoms with Gasteiger partial charge >= 0.3 is 0 Å². The van der Waals surface area contributed by atoms with Gasteiger partial charge in [0.2, 0.25) is 0 Å². The maximum absolute atomic E-state index is 13.5. The topological polar surface area (TPSA) is 17.1 Å². The van der Waals surface area contributed by atoms with E-state index in [-0.39, 0.29) is 5.78 Å². The first-order chi connectivity index (χ1) is 7.25. The van der Waals surface area contributed by atoms with Gasteiger partial charge < -0.3 is 0 Å². The second-order valence-electron chi connectivity index (χ2n) is 3.69. The molecule has 0 aromatic heterocycles. The molecule has 0 fully saturated rings. The minimum atomic E-state index is -1.33. The summed E-state index contributed by atoms with van der Waals surface area (Å²) in [5.74, 6) is -0.383. The molecule has 15 heavy (non-hydrogen) atoms. The Hall–Kier alpha value is -1.18. The van der Waals surface area contributed by atoms with E-state index in [9.17, 15) is 9.18 Å². The van der Waals surface area contributed by atoms with Crippen LogP contribution in [0.25, 0.3) is 0 Å². The summed E-state index contributed by atoms with van der Waals surface area (Å²) >= 11 is 0. The second kappa shape index (κ2) is 6.33. The van der Waals surface area contributed by atoms with Crippen LogP contribution in [0.15, 0.2) is 30.3 Å². The predicted octanol–water partition coefficient (Wildman–Crippen LogP) is 3.79. The first kappa shape index (κ1) is 11.9. The van der Waals surface area contributed by atoms with Gasteiger partial charge in [-0.15, -0.1) is 0 Å². The number of hydrogen-bond donors (Lipinski definition) is 0. The van der Waals surface area contributed by atoms with Crippen molar-refractivity contribution in [2.75, 3.05) is 0 Å². The van der Waals surface area contributed by atoms with E-state index in [2.05, 4.69) is 6.92 Å². The van der Waals surface area contributed by atoms with Crippen molar-refractivity contribution >= 4 is 5.78 Å². The molecular formula is C13H17FO. The van der Waals surface area contributed by atoms with Gasteiger partial charge in [-0.2, -0.15) is 0 Å². The van der Waals surface area contributed by atoms with Crippen molar-refractivity contribution in [2.24, 2.45) is 0 Å². The highest BCUT2D eigenvalue weighted by Crippen LogP contribution is 2.12. The fourth-order valence-electron chi connectivity index (χ4n) is 1.49. The molecule has 0 amide bonds. The van der Waals surface area contributed by atoms with Crippen molar-refractivity contribution < 1.29 is 9.18 Å². The van der Waals surface area contributed by atoms with Crippen LogP contribution in [-0.4, -0.2) is 12.0 Å². The van der Waals surface area contributed by atoms with Crippen molar-refractivity contribution in [3.8, 4) is 0 Å². The van der Waals surface area contributed by atoms with Gasteiger partial charge in [-0.1, -0.05) is 56.5 Å². The lowest BCUT2D eigenvalue weighted by Crippen LogP contribution is -2.15. The molecule has 0 aliphatic heterocycles. The Balaban J connectivity index is 2.46. The van der Waals surface area contributed by atoms with Crippen LogP contribution in [0.1, 0.15) is 43.0 Å². The van der Waals surface area contributed by atoms with Crippen LogP contribution in [0.2, 0.25) is 0 Å². The molecular weight excluding hydrogens is 191 g/mol. The van der Waals surface area contributed by atoms with Crippen LogP contribution in [0.5, 0.6) is 0 Å². The minimum Gasteiger partial charge on any atom is -0.291 e. The van der Waals surface area contributed by atoms with Crippen LogP contribution < -0.4 is 0 Å². The maximum atomic E-state index is 13.5. The van der Waals surface area contributed by atoms with E-state index in [0.29, 0.717) is 12.0 Å². The fraction of sp³-hybridized carbons (Fsp3) is 0.462. The Labute approximate surface area is 90.3 Å². The van der Waals surface area contributed by atoms with E-state index in [1.165, 1.54) is 0 Å². The zero-order valence-corrected chi connectivity index (χ0v) is 9.08. The largest absolute Gasteiger partial charge is 0.291 e. The summed E-state index contributed by atoms with van der Waals surface area (Å²) in [6.07, 6.45) is 1.84. The van der Waals surface area contributed by atoms with Crippen LogP contribution in [0.3, 0.4) is 0 Å². The van der Waals surface area contributed by atoms with Crippen molar-refractivity contribution in [2.45, 2.75) is 38.8 Å². The smallest absolute Gasteiger partial charge is 0.196 e. The fourth-order valence-corrected chi connectivity index (χ4v) is 1.49. The predicted molar refractivity (Wildman–Crippen MR) is 59.8 cm³/mol. The SMILES string of the molecule is CCCCCC(F)C(=O)c1ccccc1. The molecule has 0 heterocycles. The highest BCUT2D eigenvalue weighted by molar-refractivity contribution is 5.99. The molecule has 1 aromatic rings. The first-order valence-corrected chi connectivity index (χ1v) is 5.49. The average Bonchev–Trinajstić information content (AvgIpc) is 2.29. The van der Waals surface area contributed by atoms with Gasteiger partial charge in [0.1, 0.15) is 0 Å². The van der Waals surface area contributed by atoms with Gasteiger partial charge in [-0.05, 0) is 6.42 Å². The summed E-state index contributed by atoms with van der Waals surface area (Å²) < 4.78 is 13.5. The first-order valence-electron chi connectivity index (χ1n) is 5.49. The summed E-state index contributed by atoms with van der Waals surface area (Å²) in [5.41, 5.74) is 0.474. The van der Waals surface area contributed by atoms with Gasteiger partial charge in [0.05, 0.1) is 0 Å². The third kappa shape index (κ3) is 3.82. The highest BCUT2D eigenvalue weighted by atomic mass is 19.1. The summed E-state index contributed by atoms with van der Waals surface area (Å²) in [6.45, 7) is 2.06. The molecule has 0 bridgehead atoms. The molecule has 2 heteroatoms. The van der Waals surface area contributed by atoms with Crippen LogP contribution in [-0.2, 0) is 0 Å². The van der Waals surface area contributed by atoms with Crippen LogP contribution in [0.4, 0.5) is 4.39 Å². The minimum absolute atomic E-state index is 0.349. The molecule has 1 aromatic carbocycles. The molecule has 0 spiro atoms. The average molecular weight is 208 g/mol. The van der Waals surface area contributed by atoms with Crippen molar-refractivity contribution in [1.29, 1.82) is 0 Å². The summed E-state index contributed by atoms with van der Waals surface area (Å²) in [4.78, 5) is 11.6. The maximum Gasteiger partial charge on any atom is 0.196 e. The number of ketones is 1. The standard InChI is InChI=1S/C13H17FO/c1-2-3-5-10-12(14)13(15)11-8-6-4-7-9-11/h4,6-9,12H,2-3,5,10H2,1H3.